The Morgan fingerprint density at radius 3 is 1.41 bits per heavy atom. The van der Waals surface area contributed by atoms with Crippen molar-refractivity contribution in [2.75, 3.05) is 4.90 Å². The lowest BCUT2D eigenvalue weighted by Gasteiger charge is -2.35. The summed E-state index contributed by atoms with van der Waals surface area (Å²) in [5.41, 5.74) is 16.9. The Kier molecular flexibility index (Phi) is 10.2. The zero-order valence-electron chi connectivity index (χ0n) is 35.1. The lowest BCUT2D eigenvalue weighted by Crippen LogP contribution is -2.23. The van der Waals surface area contributed by atoms with E-state index in [0.717, 1.165) is 94.5 Å². The summed E-state index contributed by atoms with van der Waals surface area (Å²) in [4.78, 5) is 2.40. The molecule has 4 heteroatoms. The van der Waals surface area contributed by atoms with E-state index in [2.05, 4.69) is 199 Å². The van der Waals surface area contributed by atoms with Crippen LogP contribution in [-0.4, -0.2) is 4.57 Å². The molecule has 0 spiro atoms. The van der Waals surface area contributed by atoms with Gasteiger partial charge in [0.25, 0.3) is 0 Å². The SMILES string of the molecule is Cc1cc(-c2ccccc2)ccc1N(c1ccc(C#N)cc1-c1ccc(C#N)cc1-n1c2ccc(-c3ccccc3)cc2c2cc(-c3ccccc3)ccc21)C(C)c1ccccc1. The molecule has 0 saturated carbocycles. The lowest BCUT2D eigenvalue weighted by molar-refractivity contribution is 0.772. The summed E-state index contributed by atoms with van der Waals surface area (Å²) in [7, 11) is 0. The number of benzene rings is 9. The Hall–Kier alpha value is -8.44. The van der Waals surface area contributed by atoms with Gasteiger partial charge in [0.1, 0.15) is 0 Å². The Labute approximate surface area is 368 Å². The number of aryl methyl sites for hydroxylation is 1. The van der Waals surface area contributed by atoms with Gasteiger partial charge in [-0.05, 0) is 125 Å². The normalized spacial score (nSPS) is 11.6. The van der Waals surface area contributed by atoms with E-state index in [1.807, 2.05) is 48.5 Å². The summed E-state index contributed by atoms with van der Waals surface area (Å²) < 4.78 is 2.30. The number of fused-ring (bicyclic) bond motifs is 3. The first-order chi connectivity index (χ1) is 31.0. The maximum atomic E-state index is 10.5. The van der Waals surface area contributed by atoms with Crippen molar-refractivity contribution in [3.8, 4) is 62.3 Å². The van der Waals surface area contributed by atoms with E-state index < -0.39 is 0 Å². The van der Waals surface area contributed by atoms with E-state index in [4.69, 9.17) is 0 Å². The van der Waals surface area contributed by atoms with Crippen LogP contribution in [0.3, 0.4) is 0 Å². The largest absolute Gasteiger partial charge is 0.333 e. The molecule has 10 aromatic rings. The molecular formula is C59H42N4. The maximum absolute atomic E-state index is 10.5. The number of anilines is 2. The van der Waals surface area contributed by atoms with Crippen molar-refractivity contribution in [3.63, 3.8) is 0 Å². The van der Waals surface area contributed by atoms with Gasteiger partial charge in [0.15, 0.2) is 0 Å². The number of hydrogen-bond acceptors (Lipinski definition) is 3. The molecule has 0 fully saturated rings. The summed E-state index contributed by atoms with van der Waals surface area (Å²) in [5.74, 6) is 0. The Morgan fingerprint density at radius 1 is 0.429 bits per heavy atom. The zero-order chi connectivity index (χ0) is 42.9. The van der Waals surface area contributed by atoms with Gasteiger partial charge in [-0.15, -0.1) is 0 Å². The number of rotatable bonds is 9. The number of aromatic nitrogens is 1. The average Bonchev–Trinajstić information content (AvgIpc) is 3.68. The van der Waals surface area contributed by atoms with Crippen LogP contribution in [0.1, 0.15) is 35.2 Å². The third-order valence-corrected chi connectivity index (χ3v) is 12.3. The fourth-order valence-corrected chi connectivity index (χ4v) is 9.11. The highest BCUT2D eigenvalue weighted by molar-refractivity contribution is 6.12. The monoisotopic (exact) mass is 806 g/mol. The molecule has 0 N–H and O–H groups in total. The molecule has 1 aromatic heterocycles. The van der Waals surface area contributed by atoms with E-state index in [-0.39, 0.29) is 6.04 Å². The van der Waals surface area contributed by atoms with Gasteiger partial charge >= 0.3 is 0 Å². The van der Waals surface area contributed by atoms with Gasteiger partial charge in [-0.3, -0.25) is 0 Å². The molecule has 0 radical (unpaired) electrons. The number of hydrogen-bond donors (Lipinski definition) is 0. The van der Waals surface area contributed by atoms with E-state index in [1.54, 1.807) is 0 Å². The highest BCUT2D eigenvalue weighted by Gasteiger charge is 2.26. The van der Waals surface area contributed by atoms with Gasteiger partial charge in [0.05, 0.1) is 46.0 Å². The minimum atomic E-state index is -0.0953. The van der Waals surface area contributed by atoms with Crippen LogP contribution in [0.25, 0.3) is 72.0 Å². The fourth-order valence-electron chi connectivity index (χ4n) is 9.11. The minimum absolute atomic E-state index is 0.0953. The van der Waals surface area contributed by atoms with Crippen molar-refractivity contribution in [2.45, 2.75) is 19.9 Å². The Balaban J connectivity index is 1.24. The number of nitriles is 2. The highest BCUT2D eigenvalue weighted by Crippen LogP contribution is 2.46. The first kappa shape index (κ1) is 38.7. The van der Waals surface area contributed by atoms with Gasteiger partial charge in [-0.1, -0.05) is 146 Å². The van der Waals surface area contributed by atoms with Crippen LogP contribution >= 0.6 is 0 Å². The predicted molar refractivity (Wildman–Crippen MR) is 260 cm³/mol. The third-order valence-electron chi connectivity index (χ3n) is 12.3. The van der Waals surface area contributed by atoms with Crippen molar-refractivity contribution in [1.29, 1.82) is 10.5 Å². The molecule has 63 heavy (non-hydrogen) atoms. The molecular weight excluding hydrogens is 765 g/mol. The first-order valence-corrected chi connectivity index (χ1v) is 21.3. The van der Waals surface area contributed by atoms with Crippen molar-refractivity contribution < 1.29 is 0 Å². The molecule has 1 heterocycles. The first-order valence-electron chi connectivity index (χ1n) is 21.3. The smallest absolute Gasteiger partial charge is 0.0992 e. The molecule has 0 saturated heterocycles. The van der Waals surface area contributed by atoms with Gasteiger partial charge in [-0.25, -0.2) is 0 Å². The van der Waals surface area contributed by atoms with E-state index in [0.29, 0.717) is 11.1 Å². The molecule has 0 aliphatic heterocycles. The maximum Gasteiger partial charge on any atom is 0.0992 e. The predicted octanol–water partition coefficient (Wildman–Crippen LogP) is 15.4. The highest BCUT2D eigenvalue weighted by atomic mass is 15.2. The van der Waals surface area contributed by atoms with Crippen molar-refractivity contribution in [3.05, 3.63) is 235 Å². The second kappa shape index (κ2) is 16.5. The fraction of sp³-hybridized carbons (Fsp3) is 0.0508. The minimum Gasteiger partial charge on any atom is -0.333 e. The topological polar surface area (TPSA) is 55.8 Å². The molecule has 0 bridgehead atoms. The van der Waals surface area contributed by atoms with Crippen LogP contribution in [0.5, 0.6) is 0 Å². The average molecular weight is 807 g/mol. The van der Waals surface area contributed by atoms with Crippen molar-refractivity contribution in [2.24, 2.45) is 0 Å². The van der Waals surface area contributed by atoms with Gasteiger partial charge in [-0.2, -0.15) is 10.5 Å². The van der Waals surface area contributed by atoms with Gasteiger partial charge in [0.2, 0.25) is 0 Å². The molecule has 298 valence electrons. The Morgan fingerprint density at radius 2 is 0.889 bits per heavy atom. The van der Waals surface area contributed by atoms with E-state index in [9.17, 15) is 10.5 Å². The molecule has 0 aliphatic carbocycles. The van der Waals surface area contributed by atoms with Crippen molar-refractivity contribution >= 4 is 33.2 Å². The third kappa shape index (κ3) is 7.21. The lowest BCUT2D eigenvalue weighted by atomic mass is 9.94. The van der Waals surface area contributed by atoms with Gasteiger partial charge in [0, 0.05) is 33.3 Å². The van der Waals surface area contributed by atoms with E-state index in [1.165, 1.54) is 0 Å². The van der Waals surface area contributed by atoms with E-state index >= 15 is 0 Å². The standard InChI is InChI=1S/C59H42N4/c1-40-33-48(45-17-9-4-10-18-45)25-30-55(40)62(41(2)44-15-7-3-8-16-44)56-29-24-42(38-60)34-52(56)51-28-23-43(39-61)35-59(51)63-57-31-26-49(46-19-11-5-12-20-46)36-53(57)54-37-50(27-32-58(54)63)47-21-13-6-14-22-47/h3-37,41H,1-2H3. The summed E-state index contributed by atoms with van der Waals surface area (Å²) in [6.45, 7) is 4.41. The Bertz CT molecular complexity index is 3280. The molecule has 1 unspecified atom stereocenters. The van der Waals surface area contributed by atoms with Crippen LogP contribution in [0.2, 0.25) is 0 Å². The van der Waals surface area contributed by atoms with Crippen LogP contribution in [0.4, 0.5) is 11.4 Å². The van der Waals surface area contributed by atoms with Crippen molar-refractivity contribution in [1.82, 2.24) is 4.57 Å². The quantitative estimate of drug-likeness (QED) is 0.146. The van der Waals surface area contributed by atoms with Crippen LogP contribution in [0, 0.1) is 29.6 Å². The summed E-state index contributed by atoms with van der Waals surface area (Å²) >= 11 is 0. The zero-order valence-corrected chi connectivity index (χ0v) is 35.1. The molecule has 0 amide bonds. The van der Waals surface area contributed by atoms with Crippen LogP contribution in [0.15, 0.2) is 212 Å². The number of nitrogens with zero attached hydrogens (tertiary/aromatic N) is 4. The molecule has 0 aliphatic rings. The second-order valence-electron chi connectivity index (χ2n) is 16.0. The van der Waals surface area contributed by atoms with Crippen LogP contribution < -0.4 is 4.90 Å². The molecule has 9 aromatic carbocycles. The van der Waals surface area contributed by atoms with Crippen LogP contribution in [-0.2, 0) is 0 Å². The molecule has 4 nitrogen and oxygen atoms in total. The molecule has 10 rings (SSSR count). The summed E-state index contributed by atoms with van der Waals surface area (Å²) in [5, 5.41) is 23.2. The second-order valence-corrected chi connectivity index (χ2v) is 16.0. The summed E-state index contributed by atoms with van der Waals surface area (Å²) in [6.07, 6.45) is 0. The summed E-state index contributed by atoms with van der Waals surface area (Å²) in [6, 6.07) is 78.8. The van der Waals surface area contributed by atoms with Gasteiger partial charge < -0.3 is 9.47 Å². The molecule has 1 atom stereocenters.